The van der Waals surface area contributed by atoms with Crippen LogP contribution >= 0.6 is 11.6 Å². The molecule has 8 heteroatoms. The number of nitrogens with zero attached hydrogens (tertiary/aromatic N) is 1. The minimum atomic E-state index is -0.662. The highest BCUT2D eigenvalue weighted by atomic mass is 35.5. The van der Waals surface area contributed by atoms with Crippen LogP contribution in [-0.4, -0.2) is 62.9 Å². The highest BCUT2D eigenvalue weighted by Crippen LogP contribution is 2.36. The summed E-state index contributed by atoms with van der Waals surface area (Å²) in [4.78, 5) is 26.1. The number of morpholine rings is 1. The number of carbonyl (C=O) groups is 2. The van der Waals surface area contributed by atoms with Gasteiger partial charge in [-0.05, 0) is 26.0 Å². The summed E-state index contributed by atoms with van der Waals surface area (Å²) in [5.41, 5.74) is 0.180. The van der Waals surface area contributed by atoms with E-state index in [-0.39, 0.29) is 35.3 Å². The molecule has 7 nitrogen and oxygen atoms in total. The van der Waals surface area contributed by atoms with Crippen molar-refractivity contribution in [1.29, 1.82) is 0 Å². The monoisotopic (exact) mass is 371 g/mol. The van der Waals surface area contributed by atoms with Crippen LogP contribution < -0.4 is 9.47 Å². The third kappa shape index (κ3) is 4.76. The van der Waals surface area contributed by atoms with Crippen LogP contribution in [0.25, 0.3) is 0 Å². The lowest BCUT2D eigenvalue weighted by molar-refractivity contribution is -0.146. The Labute approximate surface area is 151 Å². The van der Waals surface area contributed by atoms with Gasteiger partial charge >= 0.3 is 5.97 Å². The maximum absolute atomic E-state index is 12.2. The molecule has 1 aliphatic rings. The summed E-state index contributed by atoms with van der Waals surface area (Å²) >= 11 is 6.07. The number of benzene rings is 1. The molecule has 1 amide bonds. The summed E-state index contributed by atoms with van der Waals surface area (Å²) in [7, 11) is 2.89. The van der Waals surface area contributed by atoms with Crippen LogP contribution in [0.15, 0.2) is 12.1 Å². The average molecular weight is 372 g/mol. The molecule has 0 bridgehead atoms. The molecule has 1 aromatic carbocycles. The summed E-state index contributed by atoms with van der Waals surface area (Å²) in [6.45, 7) is 4.40. The lowest BCUT2D eigenvalue weighted by Crippen LogP contribution is -2.49. The molecule has 0 spiro atoms. The number of ether oxygens (including phenoxy) is 4. The first kappa shape index (κ1) is 19.3. The van der Waals surface area contributed by atoms with Gasteiger partial charge in [-0.2, -0.15) is 0 Å². The highest BCUT2D eigenvalue weighted by molar-refractivity contribution is 6.32. The van der Waals surface area contributed by atoms with Gasteiger partial charge in [0.05, 0.1) is 37.0 Å². The molecule has 1 fully saturated rings. The second-order valence-electron chi connectivity index (χ2n) is 5.83. The van der Waals surface area contributed by atoms with Crippen LogP contribution in [0.4, 0.5) is 0 Å². The standard InChI is InChI=1S/C17H22ClNO6/c1-10-7-19(8-11(2)25-10)15(20)9-24-17(21)12-5-13(18)16(23-4)14(6-12)22-3/h5-6,10-11H,7-9H2,1-4H3. The van der Waals surface area contributed by atoms with Crippen molar-refractivity contribution in [3.05, 3.63) is 22.7 Å². The number of methoxy groups -OCH3 is 2. The summed E-state index contributed by atoms with van der Waals surface area (Å²) in [6.07, 6.45) is -0.0962. The molecule has 0 aliphatic carbocycles. The van der Waals surface area contributed by atoms with Gasteiger partial charge < -0.3 is 23.8 Å². The maximum atomic E-state index is 12.2. The zero-order chi connectivity index (χ0) is 18.6. The van der Waals surface area contributed by atoms with Crippen LogP contribution in [-0.2, 0) is 14.3 Å². The molecule has 2 unspecified atom stereocenters. The minimum absolute atomic E-state index is 0.0481. The molecule has 1 aliphatic heterocycles. The number of halogens is 1. The summed E-state index contributed by atoms with van der Waals surface area (Å²) < 4.78 is 21.0. The van der Waals surface area contributed by atoms with Crippen molar-refractivity contribution in [3.63, 3.8) is 0 Å². The molecule has 2 rings (SSSR count). The molecule has 25 heavy (non-hydrogen) atoms. The Kier molecular flexibility index (Phi) is 6.50. The molecule has 0 radical (unpaired) electrons. The molecule has 138 valence electrons. The van der Waals surface area contributed by atoms with Crippen LogP contribution in [0.1, 0.15) is 24.2 Å². The van der Waals surface area contributed by atoms with E-state index in [1.54, 1.807) is 4.90 Å². The van der Waals surface area contributed by atoms with E-state index in [9.17, 15) is 9.59 Å². The SMILES string of the molecule is COc1cc(C(=O)OCC(=O)N2CC(C)OC(C)C2)cc(Cl)c1OC. The van der Waals surface area contributed by atoms with Crippen molar-refractivity contribution in [2.45, 2.75) is 26.1 Å². The minimum Gasteiger partial charge on any atom is -0.493 e. The van der Waals surface area contributed by atoms with Crippen LogP contribution in [0, 0.1) is 0 Å². The second-order valence-corrected chi connectivity index (χ2v) is 6.23. The lowest BCUT2D eigenvalue weighted by atomic mass is 10.2. The van der Waals surface area contributed by atoms with E-state index in [2.05, 4.69) is 0 Å². The topological polar surface area (TPSA) is 74.3 Å². The Hall–Kier alpha value is -1.99. The quantitative estimate of drug-likeness (QED) is 0.738. The number of hydrogen-bond donors (Lipinski definition) is 0. The van der Waals surface area contributed by atoms with Gasteiger partial charge in [-0.15, -0.1) is 0 Å². The van der Waals surface area contributed by atoms with Gasteiger partial charge in [-0.3, -0.25) is 4.79 Å². The van der Waals surface area contributed by atoms with Gasteiger partial charge in [-0.25, -0.2) is 4.79 Å². The zero-order valence-electron chi connectivity index (χ0n) is 14.7. The average Bonchev–Trinajstić information content (AvgIpc) is 2.57. The zero-order valence-corrected chi connectivity index (χ0v) is 15.5. The normalized spacial score (nSPS) is 20.1. The fraction of sp³-hybridized carbons (Fsp3) is 0.529. The van der Waals surface area contributed by atoms with Crippen LogP contribution in [0.2, 0.25) is 5.02 Å². The number of carbonyl (C=O) groups excluding carboxylic acids is 2. The Bertz CT molecular complexity index is 640. The van der Waals surface area contributed by atoms with Gasteiger partial charge in [0.25, 0.3) is 5.91 Å². The summed E-state index contributed by atoms with van der Waals surface area (Å²) in [5.74, 6) is -0.287. The van der Waals surface area contributed by atoms with Gasteiger partial charge in [0.1, 0.15) is 0 Å². The molecule has 0 aromatic heterocycles. The fourth-order valence-electron chi connectivity index (χ4n) is 2.72. The van der Waals surface area contributed by atoms with Crippen molar-refractivity contribution in [2.75, 3.05) is 33.9 Å². The Morgan fingerprint density at radius 3 is 2.40 bits per heavy atom. The van der Waals surface area contributed by atoms with Gasteiger partial charge in [0.2, 0.25) is 0 Å². The third-order valence-electron chi connectivity index (χ3n) is 3.77. The van der Waals surface area contributed by atoms with Crippen LogP contribution in [0.5, 0.6) is 11.5 Å². The molecule has 1 saturated heterocycles. The lowest BCUT2D eigenvalue weighted by Gasteiger charge is -2.35. The van der Waals surface area contributed by atoms with Crippen molar-refractivity contribution >= 4 is 23.5 Å². The molecule has 0 N–H and O–H groups in total. The Balaban J connectivity index is 2.00. The van der Waals surface area contributed by atoms with Gasteiger partial charge in [-0.1, -0.05) is 11.6 Å². The molecular formula is C17H22ClNO6. The molecule has 1 aromatic rings. The molecule has 2 atom stereocenters. The summed E-state index contributed by atoms with van der Waals surface area (Å²) in [6, 6.07) is 2.87. The smallest absolute Gasteiger partial charge is 0.338 e. The van der Waals surface area contributed by atoms with Crippen LogP contribution in [0.3, 0.4) is 0 Å². The second kappa shape index (κ2) is 8.40. The summed E-state index contributed by atoms with van der Waals surface area (Å²) in [5, 5.41) is 0.218. The van der Waals surface area contributed by atoms with E-state index in [0.29, 0.717) is 24.6 Å². The first-order chi connectivity index (χ1) is 11.8. The van der Waals surface area contributed by atoms with Gasteiger partial charge in [0, 0.05) is 13.1 Å². The Morgan fingerprint density at radius 2 is 1.84 bits per heavy atom. The van der Waals surface area contributed by atoms with E-state index in [1.165, 1.54) is 26.4 Å². The van der Waals surface area contributed by atoms with E-state index in [1.807, 2.05) is 13.8 Å². The van der Waals surface area contributed by atoms with Gasteiger partial charge in [0.15, 0.2) is 18.1 Å². The fourth-order valence-corrected chi connectivity index (χ4v) is 3.01. The van der Waals surface area contributed by atoms with Crippen molar-refractivity contribution in [3.8, 4) is 11.5 Å². The van der Waals surface area contributed by atoms with Crippen molar-refractivity contribution < 1.29 is 28.5 Å². The van der Waals surface area contributed by atoms with E-state index in [4.69, 9.17) is 30.5 Å². The van der Waals surface area contributed by atoms with E-state index < -0.39 is 5.97 Å². The number of hydrogen-bond acceptors (Lipinski definition) is 6. The number of esters is 1. The highest BCUT2D eigenvalue weighted by Gasteiger charge is 2.26. The maximum Gasteiger partial charge on any atom is 0.338 e. The molecule has 1 heterocycles. The van der Waals surface area contributed by atoms with E-state index in [0.717, 1.165) is 0 Å². The largest absolute Gasteiger partial charge is 0.493 e. The molecule has 0 saturated carbocycles. The predicted octanol–water partition coefficient (Wildman–Crippen LogP) is 2.15. The van der Waals surface area contributed by atoms with Crippen molar-refractivity contribution in [1.82, 2.24) is 4.90 Å². The Morgan fingerprint density at radius 1 is 1.20 bits per heavy atom. The number of rotatable bonds is 5. The molecular weight excluding hydrogens is 350 g/mol. The number of amides is 1. The first-order valence-electron chi connectivity index (χ1n) is 7.87. The third-order valence-corrected chi connectivity index (χ3v) is 4.05. The first-order valence-corrected chi connectivity index (χ1v) is 8.25. The van der Waals surface area contributed by atoms with Crippen molar-refractivity contribution in [2.24, 2.45) is 0 Å². The predicted molar refractivity (Wildman–Crippen MR) is 91.4 cm³/mol. The van der Waals surface area contributed by atoms with E-state index >= 15 is 0 Å².